The summed E-state index contributed by atoms with van der Waals surface area (Å²) in [6, 6.07) is 0. The molecule has 1 fully saturated rings. The number of hydrogen-bond acceptors (Lipinski definition) is 2. The Labute approximate surface area is 59.6 Å². The van der Waals surface area contributed by atoms with Gasteiger partial charge < -0.3 is 5.11 Å². The minimum Gasteiger partial charge on any atom is -0.483 e. The van der Waals surface area contributed by atoms with E-state index in [1.54, 1.807) is 0 Å². The van der Waals surface area contributed by atoms with Crippen LogP contribution in [0.15, 0.2) is 0 Å². The van der Waals surface area contributed by atoms with Crippen LogP contribution >= 0.6 is 11.8 Å². The summed E-state index contributed by atoms with van der Waals surface area (Å²) in [7, 11) is 0. The van der Waals surface area contributed by atoms with Crippen molar-refractivity contribution in [3.63, 3.8) is 0 Å². The second kappa shape index (κ2) is 7.82. The summed E-state index contributed by atoms with van der Waals surface area (Å²) in [4.78, 5) is 8.36. The second-order valence-corrected chi connectivity index (χ2v) is 3.00. The number of carboxylic acid groups (broad SMARTS) is 1. The lowest BCUT2D eigenvalue weighted by atomic mass is 10.3. The molecule has 1 N–H and O–H groups in total. The molecule has 1 aliphatic rings. The predicted molar refractivity (Wildman–Crippen MR) is 39.9 cm³/mol. The van der Waals surface area contributed by atoms with Gasteiger partial charge in [-0.2, -0.15) is 11.8 Å². The molecule has 2 nitrogen and oxygen atoms in total. The Bertz CT molecular complexity index is 50.6. The molecule has 1 aliphatic heterocycles. The van der Waals surface area contributed by atoms with Gasteiger partial charge in [0.25, 0.3) is 6.47 Å². The summed E-state index contributed by atoms with van der Waals surface area (Å²) in [5.74, 6) is 2.83. The van der Waals surface area contributed by atoms with Gasteiger partial charge in [-0.25, -0.2) is 0 Å². The summed E-state index contributed by atoms with van der Waals surface area (Å²) >= 11 is 2.09. The molecular formula is C6H12O2S. The molecule has 1 saturated heterocycles. The van der Waals surface area contributed by atoms with E-state index in [1.807, 2.05) is 0 Å². The number of hydrogen-bond donors (Lipinski definition) is 1. The first-order valence-electron chi connectivity index (χ1n) is 3.07. The van der Waals surface area contributed by atoms with Crippen LogP contribution in [0.1, 0.15) is 19.3 Å². The molecule has 1 rings (SSSR count). The number of thioether (sulfide) groups is 1. The third-order valence-electron chi connectivity index (χ3n) is 1.08. The van der Waals surface area contributed by atoms with Crippen molar-refractivity contribution in [1.82, 2.24) is 0 Å². The maximum absolute atomic E-state index is 8.36. The van der Waals surface area contributed by atoms with Crippen molar-refractivity contribution in [3.8, 4) is 0 Å². The quantitative estimate of drug-likeness (QED) is 0.530. The van der Waals surface area contributed by atoms with Crippen LogP contribution in [0.4, 0.5) is 0 Å². The van der Waals surface area contributed by atoms with Crippen LogP contribution in [-0.4, -0.2) is 23.1 Å². The monoisotopic (exact) mass is 148 g/mol. The van der Waals surface area contributed by atoms with E-state index in [9.17, 15) is 0 Å². The van der Waals surface area contributed by atoms with E-state index in [1.165, 1.54) is 30.8 Å². The molecule has 0 aromatic heterocycles. The van der Waals surface area contributed by atoms with Gasteiger partial charge in [-0.3, -0.25) is 4.79 Å². The first-order valence-corrected chi connectivity index (χ1v) is 4.23. The molecule has 3 heteroatoms. The average Bonchev–Trinajstić information content (AvgIpc) is 1.93. The lowest BCUT2D eigenvalue weighted by molar-refractivity contribution is -0.122. The molecule has 0 aliphatic carbocycles. The van der Waals surface area contributed by atoms with Crippen LogP contribution in [0.5, 0.6) is 0 Å². The Kier molecular flexibility index (Phi) is 7.66. The van der Waals surface area contributed by atoms with Crippen molar-refractivity contribution in [2.24, 2.45) is 0 Å². The second-order valence-electron chi connectivity index (χ2n) is 1.78. The molecule has 9 heavy (non-hydrogen) atoms. The van der Waals surface area contributed by atoms with E-state index in [-0.39, 0.29) is 6.47 Å². The maximum atomic E-state index is 8.36. The third-order valence-corrected chi connectivity index (χ3v) is 2.23. The van der Waals surface area contributed by atoms with Crippen LogP contribution in [0.3, 0.4) is 0 Å². The van der Waals surface area contributed by atoms with Gasteiger partial charge in [-0.1, -0.05) is 6.42 Å². The fraction of sp³-hybridized carbons (Fsp3) is 0.833. The highest BCUT2D eigenvalue weighted by Gasteiger charge is 1.95. The molecule has 0 amide bonds. The standard InChI is InChI=1S/C5H10S.CH2O2/c1-2-4-6-5-3-1;2-1-3/h1-5H2;1H,(H,2,3). The predicted octanol–water partition coefficient (Wildman–Crippen LogP) is 1.60. The lowest BCUT2D eigenvalue weighted by Crippen LogP contribution is -1.91. The highest BCUT2D eigenvalue weighted by atomic mass is 32.2. The zero-order valence-electron chi connectivity index (χ0n) is 5.38. The van der Waals surface area contributed by atoms with Crippen LogP contribution in [0.2, 0.25) is 0 Å². The van der Waals surface area contributed by atoms with E-state index in [0.717, 1.165) is 0 Å². The van der Waals surface area contributed by atoms with Crippen LogP contribution in [0, 0.1) is 0 Å². The van der Waals surface area contributed by atoms with E-state index in [2.05, 4.69) is 11.8 Å². The van der Waals surface area contributed by atoms with Gasteiger partial charge in [0, 0.05) is 0 Å². The largest absolute Gasteiger partial charge is 0.483 e. The fourth-order valence-corrected chi connectivity index (χ4v) is 1.71. The molecular weight excluding hydrogens is 136 g/mol. The van der Waals surface area contributed by atoms with Gasteiger partial charge in [-0.05, 0) is 24.3 Å². The third kappa shape index (κ3) is 7.82. The SMILES string of the molecule is C1CCSCC1.O=CO. The Hall–Kier alpha value is -0.180. The molecule has 0 unspecified atom stereocenters. The fourth-order valence-electron chi connectivity index (χ4n) is 0.687. The smallest absolute Gasteiger partial charge is 0.290 e. The van der Waals surface area contributed by atoms with E-state index in [0.29, 0.717) is 0 Å². The van der Waals surface area contributed by atoms with Gasteiger partial charge in [0.1, 0.15) is 0 Å². The highest BCUT2D eigenvalue weighted by Crippen LogP contribution is 2.14. The van der Waals surface area contributed by atoms with E-state index in [4.69, 9.17) is 9.90 Å². The zero-order valence-corrected chi connectivity index (χ0v) is 6.19. The molecule has 0 bridgehead atoms. The Balaban J connectivity index is 0.000000187. The Morgan fingerprint density at radius 2 is 1.67 bits per heavy atom. The molecule has 0 aromatic rings. The van der Waals surface area contributed by atoms with Crippen molar-refractivity contribution in [2.75, 3.05) is 11.5 Å². The summed E-state index contributed by atoms with van der Waals surface area (Å²) < 4.78 is 0. The molecule has 1 heterocycles. The first kappa shape index (κ1) is 8.82. The van der Waals surface area contributed by atoms with Gasteiger partial charge in [-0.15, -0.1) is 0 Å². The molecule has 0 aromatic carbocycles. The lowest BCUT2D eigenvalue weighted by Gasteiger charge is -2.05. The summed E-state index contributed by atoms with van der Waals surface area (Å²) in [6.07, 6.45) is 4.41. The maximum Gasteiger partial charge on any atom is 0.290 e. The number of rotatable bonds is 0. The van der Waals surface area contributed by atoms with Crippen molar-refractivity contribution >= 4 is 18.2 Å². The Morgan fingerprint density at radius 1 is 1.22 bits per heavy atom. The van der Waals surface area contributed by atoms with Crippen LogP contribution in [-0.2, 0) is 4.79 Å². The number of carbonyl (C=O) groups is 1. The molecule has 0 saturated carbocycles. The minimum atomic E-state index is -0.250. The highest BCUT2D eigenvalue weighted by molar-refractivity contribution is 7.99. The van der Waals surface area contributed by atoms with Gasteiger partial charge in [0.05, 0.1) is 0 Å². The van der Waals surface area contributed by atoms with E-state index < -0.39 is 0 Å². The summed E-state index contributed by atoms with van der Waals surface area (Å²) in [5.41, 5.74) is 0. The molecule has 54 valence electrons. The average molecular weight is 148 g/mol. The Morgan fingerprint density at radius 3 is 1.78 bits per heavy atom. The van der Waals surface area contributed by atoms with Crippen molar-refractivity contribution in [3.05, 3.63) is 0 Å². The van der Waals surface area contributed by atoms with Crippen molar-refractivity contribution in [2.45, 2.75) is 19.3 Å². The molecule has 0 atom stereocenters. The van der Waals surface area contributed by atoms with Crippen LogP contribution < -0.4 is 0 Å². The van der Waals surface area contributed by atoms with Crippen molar-refractivity contribution in [1.29, 1.82) is 0 Å². The summed E-state index contributed by atoms with van der Waals surface area (Å²) in [6.45, 7) is -0.250. The van der Waals surface area contributed by atoms with Crippen molar-refractivity contribution < 1.29 is 9.90 Å². The van der Waals surface area contributed by atoms with Gasteiger partial charge >= 0.3 is 0 Å². The summed E-state index contributed by atoms with van der Waals surface area (Å²) in [5, 5.41) is 6.89. The molecule has 0 radical (unpaired) electrons. The van der Waals surface area contributed by atoms with Crippen LogP contribution in [0.25, 0.3) is 0 Å². The van der Waals surface area contributed by atoms with Gasteiger partial charge in [0.2, 0.25) is 0 Å². The van der Waals surface area contributed by atoms with E-state index >= 15 is 0 Å². The normalized spacial score (nSPS) is 17.3. The minimum absolute atomic E-state index is 0.250. The zero-order chi connectivity index (χ0) is 6.95. The van der Waals surface area contributed by atoms with Gasteiger partial charge in [0.15, 0.2) is 0 Å². The molecule has 0 spiro atoms. The topological polar surface area (TPSA) is 37.3 Å². The first-order chi connectivity index (χ1) is 4.41.